The SMILES string of the molecule is O=C(N[C@@H]1C[C@H]2CC[C@@H]1N2)c1ncc(Sc2ccccc2F)s1. The summed E-state index contributed by atoms with van der Waals surface area (Å²) in [6.45, 7) is 0. The standard InChI is InChI=1S/C16H16FN3OS2/c17-10-3-1-2-4-13(10)22-14-8-18-16(23-14)15(21)20-12-7-9-5-6-11(12)19-9/h1-4,8-9,11-12,19H,5-7H2,(H,20,21)/t9-,11+,12-/m1/s1. The smallest absolute Gasteiger partial charge is 0.280 e. The van der Waals surface area contributed by atoms with Gasteiger partial charge in [0, 0.05) is 23.0 Å². The van der Waals surface area contributed by atoms with Crippen molar-refractivity contribution in [3.63, 3.8) is 0 Å². The van der Waals surface area contributed by atoms with Crippen molar-refractivity contribution in [1.29, 1.82) is 0 Å². The number of halogens is 1. The molecule has 2 saturated heterocycles. The largest absolute Gasteiger partial charge is 0.346 e. The molecule has 4 rings (SSSR count). The van der Waals surface area contributed by atoms with E-state index in [9.17, 15) is 9.18 Å². The predicted octanol–water partition coefficient (Wildman–Crippen LogP) is 3.06. The van der Waals surface area contributed by atoms with Gasteiger partial charge in [-0.15, -0.1) is 11.3 Å². The summed E-state index contributed by atoms with van der Waals surface area (Å²) in [7, 11) is 0. The fraction of sp³-hybridized carbons (Fsp3) is 0.375. The number of amides is 1. The van der Waals surface area contributed by atoms with Crippen LogP contribution in [0.5, 0.6) is 0 Å². The van der Waals surface area contributed by atoms with E-state index >= 15 is 0 Å². The van der Waals surface area contributed by atoms with Gasteiger partial charge in [0.05, 0.1) is 10.4 Å². The number of hydrogen-bond acceptors (Lipinski definition) is 5. The van der Waals surface area contributed by atoms with Crippen LogP contribution in [0.15, 0.2) is 39.6 Å². The van der Waals surface area contributed by atoms with Crippen LogP contribution < -0.4 is 10.6 Å². The monoisotopic (exact) mass is 349 g/mol. The molecule has 0 spiro atoms. The van der Waals surface area contributed by atoms with Gasteiger partial charge in [0.2, 0.25) is 0 Å². The molecule has 23 heavy (non-hydrogen) atoms. The zero-order valence-electron chi connectivity index (χ0n) is 12.3. The van der Waals surface area contributed by atoms with E-state index in [1.807, 2.05) is 0 Å². The number of nitrogens with zero attached hydrogens (tertiary/aromatic N) is 1. The summed E-state index contributed by atoms with van der Waals surface area (Å²) in [6.07, 6.45) is 4.97. The third kappa shape index (κ3) is 3.13. The Morgan fingerprint density at radius 1 is 1.39 bits per heavy atom. The van der Waals surface area contributed by atoms with Gasteiger partial charge >= 0.3 is 0 Å². The maximum Gasteiger partial charge on any atom is 0.280 e. The maximum absolute atomic E-state index is 13.7. The summed E-state index contributed by atoms with van der Waals surface area (Å²) in [5.74, 6) is -0.389. The highest BCUT2D eigenvalue weighted by Crippen LogP contribution is 2.34. The molecule has 0 aliphatic carbocycles. The van der Waals surface area contributed by atoms with Gasteiger partial charge < -0.3 is 10.6 Å². The summed E-state index contributed by atoms with van der Waals surface area (Å²) in [5.41, 5.74) is 0. The zero-order chi connectivity index (χ0) is 15.8. The van der Waals surface area contributed by atoms with Crippen molar-refractivity contribution >= 4 is 29.0 Å². The Morgan fingerprint density at radius 2 is 2.26 bits per heavy atom. The van der Waals surface area contributed by atoms with Gasteiger partial charge in [0.25, 0.3) is 5.91 Å². The maximum atomic E-state index is 13.7. The van der Waals surface area contributed by atoms with E-state index in [2.05, 4.69) is 15.6 Å². The molecule has 120 valence electrons. The van der Waals surface area contributed by atoms with Gasteiger partial charge in [-0.05, 0) is 31.4 Å². The molecule has 3 atom stereocenters. The first kappa shape index (κ1) is 15.1. The average molecular weight is 349 g/mol. The number of benzene rings is 1. The molecule has 1 amide bonds. The first-order valence-electron chi connectivity index (χ1n) is 7.64. The molecule has 1 aromatic heterocycles. The lowest BCUT2D eigenvalue weighted by Gasteiger charge is -2.20. The van der Waals surface area contributed by atoms with Crippen LogP contribution in [0.3, 0.4) is 0 Å². The minimum absolute atomic E-state index is 0.130. The van der Waals surface area contributed by atoms with Gasteiger partial charge in [0.1, 0.15) is 5.82 Å². The van der Waals surface area contributed by atoms with Crippen molar-refractivity contribution in [3.8, 4) is 0 Å². The minimum atomic E-state index is -0.259. The van der Waals surface area contributed by atoms with E-state index < -0.39 is 0 Å². The Hall–Kier alpha value is -1.44. The van der Waals surface area contributed by atoms with E-state index in [1.165, 1.54) is 35.6 Å². The van der Waals surface area contributed by atoms with Crippen LogP contribution >= 0.6 is 23.1 Å². The lowest BCUT2D eigenvalue weighted by molar-refractivity contribution is 0.0930. The number of carbonyl (C=O) groups excluding carboxylic acids is 1. The van der Waals surface area contributed by atoms with Gasteiger partial charge in [0.15, 0.2) is 5.01 Å². The number of carbonyl (C=O) groups is 1. The highest BCUT2D eigenvalue weighted by Gasteiger charge is 2.39. The minimum Gasteiger partial charge on any atom is -0.346 e. The quantitative estimate of drug-likeness (QED) is 0.891. The van der Waals surface area contributed by atoms with Crippen LogP contribution in [-0.2, 0) is 0 Å². The normalized spacial score (nSPS) is 25.7. The van der Waals surface area contributed by atoms with E-state index in [1.54, 1.807) is 24.4 Å². The van der Waals surface area contributed by atoms with E-state index in [4.69, 9.17) is 0 Å². The number of nitrogens with one attached hydrogen (secondary N) is 2. The number of fused-ring (bicyclic) bond motifs is 2. The summed E-state index contributed by atoms with van der Waals surface area (Å²) in [4.78, 5) is 17.1. The van der Waals surface area contributed by atoms with Crippen molar-refractivity contribution in [1.82, 2.24) is 15.6 Å². The second-order valence-corrected chi connectivity index (χ2v) is 8.25. The predicted molar refractivity (Wildman–Crippen MR) is 88.5 cm³/mol. The Labute approximate surface area is 141 Å². The Morgan fingerprint density at radius 3 is 3.00 bits per heavy atom. The van der Waals surface area contributed by atoms with Crippen LogP contribution in [0, 0.1) is 5.82 Å². The van der Waals surface area contributed by atoms with Crippen LogP contribution in [-0.4, -0.2) is 29.0 Å². The fourth-order valence-electron chi connectivity index (χ4n) is 3.26. The number of thiazole rings is 1. The van der Waals surface area contributed by atoms with E-state index in [0.717, 1.165) is 17.1 Å². The summed E-state index contributed by atoms with van der Waals surface area (Å²) >= 11 is 2.60. The molecule has 4 nitrogen and oxygen atoms in total. The molecule has 2 aliphatic heterocycles. The van der Waals surface area contributed by atoms with Crippen molar-refractivity contribution < 1.29 is 9.18 Å². The lowest BCUT2D eigenvalue weighted by atomic mass is 9.95. The van der Waals surface area contributed by atoms with E-state index in [0.29, 0.717) is 22.0 Å². The van der Waals surface area contributed by atoms with Crippen molar-refractivity contribution in [2.75, 3.05) is 0 Å². The molecule has 1 aromatic carbocycles. The first-order valence-corrected chi connectivity index (χ1v) is 9.27. The Kier molecular flexibility index (Phi) is 4.09. The molecule has 2 aliphatic rings. The second-order valence-electron chi connectivity index (χ2n) is 5.88. The van der Waals surface area contributed by atoms with Gasteiger partial charge in [-0.25, -0.2) is 9.37 Å². The summed E-state index contributed by atoms with van der Waals surface area (Å²) < 4.78 is 14.5. The molecule has 3 heterocycles. The molecular formula is C16H16FN3OS2. The third-order valence-electron chi connectivity index (χ3n) is 4.34. The first-order chi connectivity index (χ1) is 11.2. The zero-order valence-corrected chi connectivity index (χ0v) is 13.9. The van der Waals surface area contributed by atoms with Crippen molar-refractivity contribution in [2.24, 2.45) is 0 Å². The lowest BCUT2D eigenvalue weighted by Crippen LogP contribution is -2.42. The Balaban J connectivity index is 1.41. The summed E-state index contributed by atoms with van der Waals surface area (Å²) in [6, 6.07) is 7.76. The average Bonchev–Trinajstić information content (AvgIpc) is 3.26. The molecule has 2 aromatic rings. The number of rotatable bonds is 4. The fourth-order valence-corrected chi connectivity index (χ4v) is 5.12. The number of hydrogen-bond donors (Lipinski definition) is 2. The van der Waals surface area contributed by atoms with Crippen LogP contribution in [0.1, 0.15) is 29.1 Å². The van der Waals surface area contributed by atoms with Crippen molar-refractivity contribution in [3.05, 3.63) is 41.3 Å². The van der Waals surface area contributed by atoms with E-state index in [-0.39, 0.29) is 17.8 Å². The molecular weight excluding hydrogens is 333 g/mol. The van der Waals surface area contributed by atoms with Gasteiger partial charge in [-0.3, -0.25) is 4.79 Å². The molecule has 0 saturated carbocycles. The summed E-state index contributed by atoms with van der Waals surface area (Å²) in [5, 5.41) is 7.02. The molecule has 7 heteroatoms. The Bertz CT molecular complexity index is 736. The van der Waals surface area contributed by atoms with Crippen molar-refractivity contribution in [2.45, 2.75) is 46.5 Å². The molecule has 2 bridgehead atoms. The van der Waals surface area contributed by atoms with Gasteiger partial charge in [-0.2, -0.15) is 0 Å². The highest BCUT2D eigenvalue weighted by atomic mass is 32.2. The van der Waals surface area contributed by atoms with Gasteiger partial charge in [-0.1, -0.05) is 23.9 Å². The number of aromatic nitrogens is 1. The van der Waals surface area contributed by atoms with Crippen LogP contribution in [0.2, 0.25) is 0 Å². The third-order valence-corrected chi connectivity index (χ3v) is 6.49. The topological polar surface area (TPSA) is 54.0 Å². The molecule has 2 fully saturated rings. The molecule has 0 radical (unpaired) electrons. The van der Waals surface area contributed by atoms with Crippen LogP contribution in [0.4, 0.5) is 4.39 Å². The van der Waals surface area contributed by atoms with Crippen LogP contribution in [0.25, 0.3) is 0 Å². The second kappa shape index (κ2) is 6.22. The molecule has 0 unspecified atom stereocenters. The highest BCUT2D eigenvalue weighted by molar-refractivity contribution is 8.01. The molecule has 2 N–H and O–H groups in total.